The maximum Gasteiger partial charge on any atom is 0.472 e. The van der Waals surface area contributed by atoms with Crippen LogP contribution in [0.2, 0.25) is 0 Å². The van der Waals surface area contributed by atoms with Crippen LogP contribution in [0, 0.1) is 0 Å². The molecule has 0 aliphatic carbocycles. The van der Waals surface area contributed by atoms with E-state index >= 15 is 0 Å². The number of hydrogen-bond acceptors (Lipinski definition) is 14. The average molecular weight is 1430 g/mol. The van der Waals surface area contributed by atoms with Crippen LogP contribution in [0.15, 0.2) is 134 Å². The number of esters is 3. The van der Waals surface area contributed by atoms with Crippen LogP contribution in [-0.2, 0) is 55.8 Å². The molecule has 18 heteroatoms. The summed E-state index contributed by atoms with van der Waals surface area (Å²) in [5.74, 6) is -1.59. The SMILES string of the molecule is CC/C=C\C/C=C\C/C=C\C/C=C\C/C=C\C/C=C\CCCCCCCCC(=O)OCC(COP(=O)(O)OCC(O)COP(=O)(O)OCC(O)COC(=O)CCCCCCCCCCCCC/C=C\C/C=C\C/C=C\C/C=C\C/C=C\CC)OC(=O)CCCCCCCCCCCCC. The summed E-state index contributed by atoms with van der Waals surface area (Å²) in [6.45, 7) is 2.43. The molecule has 0 heterocycles. The van der Waals surface area contributed by atoms with E-state index in [1.54, 1.807) is 0 Å². The maximum absolute atomic E-state index is 12.9. The zero-order valence-corrected chi connectivity index (χ0v) is 63.7. The second kappa shape index (κ2) is 73.4. The Balaban J connectivity index is 4.50. The summed E-state index contributed by atoms with van der Waals surface area (Å²) in [7, 11) is -9.79. The number of unbranched alkanes of at least 4 members (excludes halogenated alkanes) is 27. The van der Waals surface area contributed by atoms with Crippen molar-refractivity contribution in [3.8, 4) is 0 Å². The minimum atomic E-state index is -4.93. The van der Waals surface area contributed by atoms with E-state index in [0.717, 1.165) is 161 Å². The van der Waals surface area contributed by atoms with Gasteiger partial charge in [-0.25, -0.2) is 9.13 Å². The lowest BCUT2D eigenvalue weighted by Crippen LogP contribution is -2.30. The molecular weight excluding hydrogens is 1290 g/mol. The topological polar surface area (TPSA) is 231 Å². The van der Waals surface area contributed by atoms with E-state index in [4.69, 9.17) is 32.3 Å². The highest BCUT2D eigenvalue weighted by Gasteiger charge is 2.29. The molecule has 0 aromatic rings. The molecule has 0 fully saturated rings. The van der Waals surface area contributed by atoms with Gasteiger partial charge in [0.1, 0.15) is 25.4 Å². The number of phosphoric ester groups is 2. The van der Waals surface area contributed by atoms with E-state index < -0.39 is 91.5 Å². The monoisotopic (exact) mass is 1430 g/mol. The summed E-state index contributed by atoms with van der Waals surface area (Å²) in [5.41, 5.74) is 0. The van der Waals surface area contributed by atoms with E-state index in [2.05, 4.69) is 154 Å². The quantitative estimate of drug-likeness (QED) is 0.0146. The maximum atomic E-state index is 12.9. The van der Waals surface area contributed by atoms with Crippen LogP contribution >= 0.6 is 15.6 Å². The van der Waals surface area contributed by atoms with Crippen molar-refractivity contribution in [3.63, 3.8) is 0 Å². The third kappa shape index (κ3) is 74.7. The predicted octanol–water partition coefficient (Wildman–Crippen LogP) is 22.3. The molecule has 0 aliphatic rings. The third-order valence-electron chi connectivity index (χ3n) is 15.9. The van der Waals surface area contributed by atoms with Gasteiger partial charge in [-0.3, -0.25) is 32.5 Å². The van der Waals surface area contributed by atoms with Crippen LogP contribution in [0.25, 0.3) is 0 Å². The summed E-state index contributed by atoms with van der Waals surface area (Å²) in [6.07, 6.45) is 87.9. The number of carbonyl (C=O) groups excluding carboxylic acids is 3. The van der Waals surface area contributed by atoms with Gasteiger partial charge in [0.25, 0.3) is 0 Å². The summed E-state index contributed by atoms with van der Waals surface area (Å²) < 4.78 is 61.0. The first-order valence-electron chi connectivity index (χ1n) is 38.5. The van der Waals surface area contributed by atoms with E-state index in [1.165, 1.54) is 83.5 Å². The van der Waals surface area contributed by atoms with Gasteiger partial charge in [0.15, 0.2) is 6.10 Å². The number of hydrogen-bond donors (Lipinski definition) is 4. The van der Waals surface area contributed by atoms with E-state index in [0.29, 0.717) is 19.3 Å². The molecule has 4 N–H and O–H groups in total. The molecular formula is C81H138O16P2. The van der Waals surface area contributed by atoms with Crippen molar-refractivity contribution in [2.24, 2.45) is 0 Å². The number of aliphatic hydroxyl groups excluding tert-OH is 2. The molecule has 0 saturated heterocycles. The smallest absolute Gasteiger partial charge is 0.463 e. The lowest BCUT2D eigenvalue weighted by Gasteiger charge is -2.21. The Morgan fingerprint density at radius 3 is 0.848 bits per heavy atom. The van der Waals surface area contributed by atoms with Gasteiger partial charge in [-0.2, -0.15) is 0 Å². The molecule has 0 radical (unpaired) electrons. The standard InChI is InChI=1S/C81H138O16P2/c1-4-7-10-13-16-19-22-24-26-28-30-32-34-36-37-39-41-42-44-46-48-50-53-55-58-61-64-67-79(84)91-70-76(82)71-93-98(87,88)94-72-77(83)73-95-99(89,90)96-75-78(97-81(86)69-66-63-60-57-52-21-18-15-12-9-6-3)74-92-80(85)68-65-62-59-56-54-51-49-47-45-43-40-38-35-33-31-29-27-25-23-20-17-14-11-8-5-2/h7-8,10-11,16-17,19-20,24-27,30-33,36-38,40,45,47,76-78,82-83H,4-6,9,12-15,18,21-23,28-29,34-35,39,41-44,46,48-75H2,1-3H3,(H,87,88)(H,89,90)/b10-7-,11-8-,19-16-,20-17-,26-24-,27-25-,32-30-,33-31-,37-36-,40-38-,47-45-. The van der Waals surface area contributed by atoms with Crippen molar-refractivity contribution < 1.29 is 75.8 Å². The van der Waals surface area contributed by atoms with Crippen molar-refractivity contribution in [2.75, 3.05) is 39.6 Å². The van der Waals surface area contributed by atoms with E-state index in [9.17, 15) is 43.5 Å². The van der Waals surface area contributed by atoms with Crippen LogP contribution in [0.4, 0.5) is 0 Å². The van der Waals surface area contributed by atoms with Crippen molar-refractivity contribution in [1.29, 1.82) is 0 Å². The van der Waals surface area contributed by atoms with Gasteiger partial charge in [0.2, 0.25) is 0 Å². The fraction of sp³-hybridized carbons (Fsp3) is 0.691. The molecule has 16 nitrogen and oxygen atoms in total. The highest BCUT2D eigenvalue weighted by atomic mass is 31.2. The second-order valence-corrected chi connectivity index (χ2v) is 28.3. The Morgan fingerprint density at radius 2 is 0.535 bits per heavy atom. The van der Waals surface area contributed by atoms with Gasteiger partial charge < -0.3 is 34.2 Å². The molecule has 568 valence electrons. The molecule has 5 atom stereocenters. The van der Waals surface area contributed by atoms with Crippen LogP contribution in [0.5, 0.6) is 0 Å². The van der Waals surface area contributed by atoms with E-state index in [-0.39, 0.29) is 19.3 Å². The first kappa shape index (κ1) is 94.7. The van der Waals surface area contributed by atoms with Crippen LogP contribution in [0.1, 0.15) is 303 Å². The molecule has 0 amide bonds. The van der Waals surface area contributed by atoms with E-state index in [1.807, 2.05) is 0 Å². The molecule has 0 spiro atoms. The second-order valence-electron chi connectivity index (χ2n) is 25.4. The number of phosphoric acid groups is 2. The normalized spacial score (nSPS) is 14.8. The zero-order valence-electron chi connectivity index (χ0n) is 61.9. The summed E-state index contributed by atoms with van der Waals surface area (Å²) in [4.78, 5) is 58.5. The summed E-state index contributed by atoms with van der Waals surface area (Å²) in [6, 6.07) is 0. The highest BCUT2D eigenvalue weighted by Crippen LogP contribution is 2.45. The molecule has 0 rings (SSSR count). The van der Waals surface area contributed by atoms with Gasteiger partial charge in [-0.05, 0) is 116 Å². The van der Waals surface area contributed by atoms with Crippen LogP contribution < -0.4 is 0 Å². The van der Waals surface area contributed by atoms with Crippen molar-refractivity contribution in [2.45, 2.75) is 322 Å². The van der Waals surface area contributed by atoms with Crippen LogP contribution in [-0.4, -0.2) is 95.9 Å². The lowest BCUT2D eigenvalue weighted by molar-refractivity contribution is -0.161. The van der Waals surface area contributed by atoms with Crippen molar-refractivity contribution >= 4 is 33.6 Å². The molecule has 0 aliphatic heterocycles. The Kier molecular flexibility index (Phi) is 70.2. The average Bonchev–Trinajstić information content (AvgIpc) is 1.15. The van der Waals surface area contributed by atoms with Gasteiger partial charge in [0, 0.05) is 19.3 Å². The number of allylic oxidation sites excluding steroid dienone is 22. The number of rotatable bonds is 72. The van der Waals surface area contributed by atoms with Gasteiger partial charge >= 0.3 is 33.6 Å². The first-order chi connectivity index (χ1) is 48.2. The Morgan fingerprint density at radius 1 is 0.293 bits per heavy atom. The third-order valence-corrected chi connectivity index (χ3v) is 17.8. The van der Waals surface area contributed by atoms with Gasteiger partial charge in [-0.1, -0.05) is 302 Å². The fourth-order valence-corrected chi connectivity index (χ4v) is 11.7. The number of aliphatic hydroxyl groups is 2. The zero-order chi connectivity index (χ0) is 72.3. The molecule has 0 saturated carbocycles. The predicted molar refractivity (Wildman–Crippen MR) is 408 cm³/mol. The molecule has 0 aromatic heterocycles. The number of carbonyl (C=O) groups is 3. The molecule has 0 aromatic carbocycles. The number of ether oxygens (including phenoxy) is 3. The van der Waals surface area contributed by atoms with Gasteiger partial charge in [0.05, 0.1) is 26.4 Å². The Bertz CT molecular complexity index is 2330. The molecule has 5 unspecified atom stereocenters. The minimum Gasteiger partial charge on any atom is -0.463 e. The summed E-state index contributed by atoms with van der Waals surface area (Å²) in [5, 5.41) is 20.6. The Labute approximate surface area is 601 Å². The van der Waals surface area contributed by atoms with Crippen molar-refractivity contribution in [1.82, 2.24) is 0 Å². The van der Waals surface area contributed by atoms with Crippen molar-refractivity contribution in [3.05, 3.63) is 134 Å². The van der Waals surface area contributed by atoms with Crippen LogP contribution in [0.3, 0.4) is 0 Å². The molecule has 0 bridgehead atoms. The lowest BCUT2D eigenvalue weighted by atomic mass is 10.0. The Hall–Kier alpha value is -4.31. The largest absolute Gasteiger partial charge is 0.472 e. The highest BCUT2D eigenvalue weighted by molar-refractivity contribution is 7.47. The summed E-state index contributed by atoms with van der Waals surface area (Å²) >= 11 is 0. The fourth-order valence-electron chi connectivity index (χ4n) is 10.1. The van der Waals surface area contributed by atoms with Gasteiger partial charge in [-0.15, -0.1) is 0 Å². The molecule has 99 heavy (non-hydrogen) atoms. The first-order valence-corrected chi connectivity index (χ1v) is 41.5. The minimum absolute atomic E-state index is 0.101.